The fourth-order valence-corrected chi connectivity index (χ4v) is 3.68. The monoisotopic (exact) mass is 378 g/mol. The lowest BCUT2D eigenvalue weighted by Gasteiger charge is -2.05. The van der Waals surface area contributed by atoms with E-state index in [2.05, 4.69) is 4.99 Å². The van der Waals surface area contributed by atoms with Crippen molar-refractivity contribution < 1.29 is 18.7 Å². The van der Waals surface area contributed by atoms with Crippen LogP contribution in [0.3, 0.4) is 0 Å². The molecule has 1 aromatic heterocycles. The molecule has 0 atom stereocenters. The van der Waals surface area contributed by atoms with Crippen molar-refractivity contribution in [1.82, 2.24) is 4.57 Å². The zero-order valence-corrected chi connectivity index (χ0v) is 14.6. The smallest absolute Gasteiger partial charge is 0.325 e. The van der Waals surface area contributed by atoms with Gasteiger partial charge in [0.25, 0.3) is 5.91 Å². The van der Waals surface area contributed by atoms with Gasteiger partial charge in [-0.2, -0.15) is 4.99 Å². The number of para-hydroxylation sites is 1. The highest BCUT2D eigenvalue weighted by Gasteiger charge is 2.15. The molecule has 1 amide bonds. The highest BCUT2D eigenvalue weighted by molar-refractivity contribution is 7.16. The number of nitrogens with zero attached hydrogens (tertiary/aromatic N) is 2. The van der Waals surface area contributed by atoms with Gasteiger partial charge in [0.1, 0.15) is 12.4 Å². The lowest BCUT2D eigenvalue weighted by Crippen LogP contribution is -2.22. The van der Waals surface area contributed by atoms with Gasteiger partial charge in [0.15, 0.2) is 4.80 Å². The summed E-state index contributed by atoms with van der Waals surface area (Å²) in [5, 5.41) is 0.414. The number of fused-ring (bicyclic) bond motifs is 1. The van der Waals surface area contributed by atoms with Crippen molar-refractivity contribution in [3.05, 3.63) is 63.7 Å². The Morgan fingerprint density at radius 2 is 2.00 bits per heavy atom. The highest BCUT2D eigenvalue weighted by Crippen LogP contribution is 2.25. The Labute approximate surface area is 151 Å². The van der Waals surface area contributed by atoms with Crippen molar-refractivity contribution in [3.8, 4) is 0 Å². The van der Waals surface area contributed by atoms with Gasteiger partial charge < -0.3 is 9.30 Å². The molecule has 3 aromatic rings. The molecular weight excluding hydrogens is 367 g/mol. The van der Waals surface area contributed by atoms with Gasteiger partial charge in [-0.25, -0.2) is 4.39 Å². The molecule has 0 spiro atoms. The second kappa shape index (κ2) is 7.16. The topological polar surface area (TPSA) is 60.7 Å². The number of rotatable bonds is 3. The second-order valence-corrected chi connectivity index (χ2v) is 6.45. The predicted octanol–water partition coefficient (Wildman–Crippen LogP) is 3.41. The van der Waals surface area contributed by atoms with Crippen LogP contribution in [0.5, 0.6) is 0 Å². The van der Waals surface area contributed by atoms with E-state index in [1.807, 2.05) is 0 Å². The average molecular weight is 379 g/mol. The van der Waals surface area contributed by atoms with Crippen molar-refractivity contribution in [2.45, 2.75) is 6.54 Å². The first-order valence-electron chi connectivity index (χ1n) is 7.19. The van der Waals surface area contributed by atoms with Crippen molar-refractivity contribution in [2.24, 2.45) is 4.99 Å². The molecule has 0 aliphatic heterocycles. The maximum Gasteiger partial charge on any atom is 0.325 e. The van der Waals surface area contributed by atoms with Crippen molar-refractivity contribution in [2.75, 3.05) is 7.11 Å². The standard InChI is InChI=1S/C17H12ClFN2O3S/c1-24-14(22)9-21-15-11(18)6-4-8-13(15)25-17(21)20-16(23)10-5-2-3-7-12(10)19/h2-8H,9H2,1H3. The van der Waals surface area contributed by atoms with Crippen LogP contribution in [0, 0.1) is 5.82 Å². The molecule has 2 aromatic carbocycles. The van der Waals surface area contributed by atoms with E-state index in [9.17, 15) is 14.0 Å². The van der Waals surface area contributed by atoms with Gasteiger partial charge in [0.2, 0.25) is 0 Å². The molecular formula is C17H12ClFN2O3S. The van der Waals surface area contributed by atoms with E-state index in [1.54, 1.807) is 24.3 Å². The fraction of sp³-hybridized carbons (Fsp3) is 0.118. The minimum Gasteiger partial charge on any atom is -0.468 e. The van der Waals surface area contributed by atoms with E-state index < -0.39 is 17.7 Å². The van der Waals surface area contributed by atoms with Crippen LogP contribution in [-0.2, 0) is 16.1 Å². The molecule has 25 heavy (non-hydrogen) atoms. The van der Waals surface area contributed by atoms with Gasteiger partial charge in [-0.15, -0.1) is 0 Å². The third-order valence-electron chi connectivity index (χ3n) is 3.47. The van der Waals surface area contributed by atoms with Crippen LogP contribution < -0.4 is 4.80 Å². The number of aromatic nitrogens is 1. The zero-order valence-electron chi connectivity index (χ0n) is 13.0. The highest BCUT2D eigenvalue weighted by atomic mass is 35.5. The number of halogens is 2. The molecule has 0 bridgehead atoms. The molecule has 128 valence electrons. The van der Waals surface area contributed by atoms with Gasteiger partial charge >= 0.3 is 5.97 Å². The Hall–Kier alpha value is -2.51. The maximum absolute atomic E-state index is 13.8. The SMILES string of the molecule is COC(=O)Cn1c(=NC(=O)c2ccccc2F)sc2cccc(Cl)c21. The van der Waals surface area contributed by atoms with E-state index in [0.717, 1.165) is 4.70 Å². The first-order valence-corrected chi connectivity index (χ1v) is 8.39. The number of ether oxygens (including phenoxy) is 1. The van der Waals surface area contributed by atoms with Crippen LogP contribution in [0.15, 0.2) is 47.5 Å². The first kappa shape index (κ1) is 17.3. The van der Waals surface area contributed by atoms with Crippen LogP contribution in [-0.4, -0.2) is 23.6 Å². The van der Waals surface area contributed by atoms with E-state index >= 15 is 0 Å². The number of esters is 1. The van der Waals surface area contributed by atoms with Crippen LogP contribution >= 0.6 is 22.9 Å². The first-order chi connectivity index (χ1) is 12.0. The van der Waals surface area contributed by atoms with Crippen LogP contribution in [0.2, 0.25) is 5.02 Å². The summed E-state index contributed by atoms with van der Waals surface area (Å²) in [5.74, 6) is -1.91. The normalized spacial score (nSPS) is 11.7. The summed E-state index contributed by atoms with van der Waals surface area (Å²) in [6.07, 6.45) is 0. The number of carbonyl (C=O) groups is 2. The lowest BCUT2D eigenvalue weighted by molar-refractivity contribution is -0.141. The summed E-state index contributed by atoms with van der Waals surface area (Å²) in [5.41, 5.74) is 0.426. The molecule has 8 heteroatoms. The van der Waals surface area contributed by atoms with Gasteiger partial charge in [-0.1, -0.05) is 41.1 Å². The molecule has 0 saturated heterocycles. The summed E-state index contributed by atoms with van der Waals surface area (Å²) < 4.78 is 20.7. The Kier molecular flexibility index (Phi) is 4.96. The number of thiazole rings is 1. The van der Waals surface area contributed by atoms with Gasteiger partial charge in [-0.3, -0.25) is 9.59 Å². The number of hydrogen-bond acceptors (Lipinski definition) is 4. The lowest BCUT2D eigenvalue weighted by atomic mass is 10.2. The molecule has 0 N–H and O–H groups in total. The molecule has 0 aliphatic carbocycles. The molecule has 0 radical (unpaired) electrons. The predicted molar refractivity (Wildman–Crippen MR) is 93.1 cm³/mol. The van der Waals surface area contributed by atoms with Gasteiger partial charge in [0.05, 0.1) is 27.9 Å². The zero-order chi connectivity index (χ0) is 18.0. The Morgan fingerprint density at radius 1 is 1.24 bits per heavy atom. The summed E-state index contributed by atoms with van der Waals surface area (Å²) in [4.78, 5) is 28.3. The fourth-order valence-electron chi connectivity index (χ4n) is 2.29. The van der Waals surface area contributed by atoms with E-state index in [4.69, 9.17) is 16.3 Å². The number of methoxy groups -OCH3 is 1. The van der Waals surface area contributed by atoms with E-state index in [-0.39, 0.29) is 16.9 Å². The molecule has 5 nitrogen and oxygen atoms in total. The van der Waals surface area contributed by atoms with E-state index in [0.29, 0.717) is 10.5 Å². The average Bonchev–Trinajstić information content (AvgIpc) is 2.93. The minimum absolute atomic E-state index is 0.143. The van der Waals surface area contributed by atoms with Crippen LogP contribution in [0.25, 0.3) is 10.2 Å². The summed E-state index contributed by atoms with van der Waals surface area (Å²) in [7, 11) is 1.26. The van der Waals surface area contributed by atoms with Crippen molar-refractivity contribution >= 4 is 45.0 Å². The van der Waals surface area contributed by atoms with Gasteiger partial charge in [0, 0.05) is 0 Å². The number of benzene rings is 2. The molecule has 3 rings (SSSR count). The molecule has 1 heterocycles. The quantitative estimate of drug-likeness (QED) is 0.656. The van der Waals surface area contributed by atoms with Crippen LogP contribution in [0.4, 0.5) is 4.39 Å². The third kappa shape index (κ3) is 3.47. The van der Waals surface area contributed by atoms with Crippen molar-refractivity contribution in [3.63, 3.8) is 0 Å². The third-order valence-corrected chi connectivity index (χ3v) is 4.82. The molecule has 0 saturated carbocycles. The number of amides is 1. The minimum atomic E-state index is -0.737. The van der Waals surface area contributed by atoms with E-state index in [1.165, 1.54) is 41.2 Å². The Bertz CT molecular complexity index is 1040. The summed E-state index contributed by atoms with van der Waals surface area (Å²) >= 11 is 7.41. The Balaban J connectivity index is 2.19. The molecule has 0 unspecified atom stereocenters. The summed E-state index contributed by atoms with van der Waals surface area (Å²) in [6.45, 7) is -0.163. The van der Waals surface area contributed by atoms with Gasteiger partial charge in [-0.05, 0) is 24.3 Å². The summed E-state index contributed by atoms with van der Waals surface area (Å²) in [6, 6.07) is 10.8. The number of hydrogen-bond donors (Lipinski definition) is 0. The second-order valence-electron chi connectivity index (χ2n) is 5.03. The van der Waals surface area contributed by atoms with Crippen LogP contribution in [0.1, 0.15) is 10.4 Å². The maximum atomic E-state index is 13.8. The number of carbonyl (C=O) groups excluding carboxylic acids is 2. The molecule has 0 aliphatic rings. The van der Waals surface area contributed by atoms with Crippen molar-refractivity contribution in [1.29, 1.82) is 0 Å². The largest absolute Gasteiger partial charge is 0.468 e. The molecule has 0 fully saturated rings. The Morgan fingerprint density at radius 3 is 2.72 bits per heavy atom.